The third-order valence-corrected chi connectivity index (χ3v) is 2.54. The Hall–Kier alpha value is -1.02. The van der Waals surface area contributed by atoms with E-state index in [0.29, 0.717) is 6.54 Å². The molecule has 2 heteroatoms. The maximum Gasteiger partial charge on any atom is 0.0709 e. The van der Waals surface area contributed by atoms with E-state index in [1.807, 2.05) is 13.0 Å². The van der Waals surface area contributed by atoms with Crippen LogP contribution in [0.3, 0.4) is 0 Å². The normalized spacial score (nSPS) is 12.5. The van der Waals surface area contributed by atoms with E-state index in [1.165, 1.54) is 5.56 Å². The Bertz CT molecular complexity index is 286. The zero-order valence-corrected chi connectivity index (χ0v) is 9.66. The van der Waals surface area contributed by atoms with Gasteiger partial charge >= 0.3 is 0 Å². The second-order valence-electron chi connectivity index (χ2n) is 3.85. The van der Waals surface area contributed by atoms with Crippen LogP contribution in [0, 0.1) is 0 Å². The maximum atomic E-state index is 9.48. The molecule has 1 unspecified atom stereocenters. The summed E-state index contributed by atoms with van der Waals surface area (Å²) in [5.74, 6) is 0. The van der Waals surface area contributed by atoms with E-state index >= 15 is 0 Å². The van der Waals surface area contributed by atoms with Gasteiger partial charge in [-0.3, -0.25) is 0 Å². The number of rotatable bonds is 6. The molecule has 1 rings (SSSR count). The van der Waals surface area contributed by atoms with E-state index < -0.39 is 0 Å². The Morgan fingerprint density at radius 2 is 2.00 bits per heavy atom. The molecule has 1 aromatic rings. The summed E-state index contributed by atoms with van der Waals surface area (Å²) in [5, 5.41) is 12.8. The van der Waals surface area contributed by atoms with Crippen LogP contribution in [0.15, 0.2) is 24.3 Å². The van der Waals surface area contributed by atoms with Crippen molar-refractivity contribution in [1.29, 1.82) is 0 Å². The van der Waals surface area contributed by atoms with Crippen LogP contribution < -0.4 is 5.32 Å². The molecule has 1 aromatic carbocycles. The van der Waals surface area contributed by atoms with Gasteiger partial charge in [0.15, 0.2) is 0 Å². The van der Waals surface area contributed by atoms with Gasteiger partial charge in [-0.25, -0.2) is 0 Å². The van der Waals surface area contributed by atoms with E-state index in [-0.39, 0.29) is 6.10 Å². The van der Waals surface area contributed by atoms with Crippen molar-refractivity contribution in [3.05, 3.63) is 29.8 Å². The molecule has 0 aliphatic carbocycles. The van der Waals surface area contributed by atoms with Crippen LogP contribution in [0.1, 0.15) is 32.3 Å². The first-order valence-corrected chi connectivity index (χ1v) is 5.77. The first-order chi connectivity index (χ1) is 7.27. The molecule has 84 valence electrons. The molecule has 15 heavy (non-hydrogen) atoms. The predicted octanol–water partition coefficient (Wildman–Crippen LogP) is 2.82. The van der Waals surface area contributed by atoms with Gasteiger partial charge in [0.05, 0.1) is 6.10 Å². The highest BCUT2D eigenvalue weighted by Gasteiger charge is 2.03. The van der Waals surface area contributed by atoms with Gasteiger partial charge in [0.1, 0.15) is 0 Å². The highest BCUT2D eigenvalue weighted by Crippen LogP contribution is 2.16. The fraction of sp³-hybridized carbons (Fsp3) is 0.538. The second-order valence-corrected chi connectivity index (χ2v) is 3.85. The zero-order chi connectivity index (χ0) is 11.1. The average Bonchev–Trinajstić information content (AvgIpc) is 2.28. The lowest BCUT2D eigenvalue weighted by Gasteiger charge is -2.14. The van der Waals surface area contributed by atoms with Crippen molar-refractivity contribution in [3.8, 4) is 0 Å². The molecule has 0 saturated heterocycles. The van der Waals surface area contributed by atoms with Crippen molar-refractivity contribution >= 4 is 5.69 Å². The number of anilines is 1. The largest absolute Gasteiger partial charge is 0.391 e. The van der Waals surface area contributed by atoms with Crippen LogP contribution in [0.2, 0.25) is 0 Å². The van der Waals surface area contributed by atoms with Crippen LogP contribution in [-0.4, -0.2) is 17.8 Å². The lowest BCUT2D eigenvalue weighted by molar-refractivity contribution is 0.183. The monoisotopic (exact) mass is 207 g/mol. The van der Waals surface area contributed by atoms with Crippen LogP contribution in [0.25, 0.3) is 0 Å². The molecule has 1 atom stereocenters. The number of benzene rings is 1. The van der Waals surface area contributed by atoms with Crippen molar-refractivity contribution in [2.75, 3.05) is 11.9 Å². The molecule has 2 N–H and O–H groups in total. The second kappa shape index (κ2) is 6.46. The van der Waals surface area contributed by atoms with E-state index in [1.54, 1.807) is 0 Å². The highest BCUT2D eigenvalue weighted by molar-refractivity contribution is 5.51. The van der Waals surface area contributed by atoms with Crippen LogP contribution in [-0.2, 0) is 6.42 Å². The van der Waals surface area contributed by atoms with Crippen molar-refractivity contribution in [2.45, 2.75) is 39.2 Å². The molecule has 0 radical (unpaired) electrons. The van der Waals surface area contributed by atoms with Gasteiger partial charge in [-0.05, 0) is 24.5 Å². The molecule has 0 saturated carbocycles. The number of hydrogen-bond acceptors (Lipinski definition) is 2. The van der Waals surface area contributed by atoms with Crippen molar-refractivity contribution < 1.29 is 5.11 Å². The maximum absolute atomic E-state index is 9.48. The summed E-state index contributed by atoms with van der Waals surface area (Å²) in [6.45, 7) is 4.80. The number of aliphatic hydroxyl groups is 1. The lowest BCUT2D eigenvalue weighted by Crippen LogP contribution is -2.18. The fourth-order valence-electron chi connectivity index (χ4n) is 1.55. The minimum atomic E-state index is -0.250. The van der Waals surface area contributed by atoms with Crippen LogP contribution in [0.5, 0.6) is 0 Å². The highest BCUT2D eigenvalue weighted by atomic mass is 16.3. The number of hydrogen-bond donors (Lipinski definition) is 2. The van der Waals surface area contributed by atoms with Gasteiger partial charge in [0.25, 0.3) is 0 Å². The third-order valence-electron chi connectivity index (χ3n) is 2.54. The number of nitrogens with one attached hydrogen (secondary N) is 1. The molecule has 0 bridgehead atoms. The van der Waals surface area contributed by atoms with Gasteiger partial charge in [-0.1, -0.05) is 38.5 Å². The number of aliphatic hydroxyl groups excluding tert-OH is 1. The van der Waals surface area contributed by atoms with Crippen LogP contribution >= 0.6 is 0 Å². The summed E-state index contributed by atoms with van der Waals surface area (Å²) in [6, 6.07) is 8.31. The Morgan fingerprint density at radius 1 is 1.27 bits per heavy atom. The topological polar surface area (TPSA) is 32.3 Å². The molecule has 0 aromatic heterocycles. The molecular weight excluding hydrogens is 186 g/mol. The summed E-state index contributed by atoms with van der Waals surface area (Å²) < 4.78 is 0. The van der Waals surface area contributed by atoms with Crippen molar-refractivity contribution in [1.82, 2.24) is 0 Å². The number of aryl methyl sites for hydroxylation is 1. The van der Waals surface area contributed by atoms with E-state index in [4.69, 9.17) is 0 Å². The third kappa shape index (κ3) is 3.92. The van der Waals surface area contributed by atoms with Crippen molar-refractivity contribution in [3.63, 3.8) is 0 Å². The van der Waals surface area contributed by atoms with E-state index in [0.717, 1.165) is 24.9 Å². The first kappa shape index (κ1) is 12.1. The van der Waals surface area contributed by atoms with Gasteiger partial charge in [-0.15, -0.1) is 0 Å². The predicted molar refractivity (Wildman–Crippen MR) is 65.2 cm³/mol. The fourth-order valence-corrected chi connectivity index (χ4v) is 1.55. The van der Waals surface area contributed by atoms with Gasteiger partial charge in [-0.2, -0.15) is 0 Å². The summed E-state index contributed by atoms with van der Waals surface area (Å²) in [7, 11) is 0. The van der Waals surface area contributed by atoms with Gasteiger partial charge in [0, 0.05) is 12.2 Å². The Balaban J connectivity index is 2.58. The average molecular weight is 207 g/mol. The van der Waals surface area contributed by atoms with Crippen LogP contribution in [0.4, 0.5) is 5.69 Å². The molecule has 2 nitrogen and oxygen atoms in total. The SMILES string of the molecule is CCCc1ccccc1NCC(O)CC. The number of para-hydroxylation sites is 1. The molecule has 0 heterocycles. The molecular formula is C13H21NO. The summed E-state index contributed by atoms with van der Waals surface area (Å²) in [4.78, 5) is 0. The molecule has 0 aliphatic rings. The Morgan fingerprint density at radius 3 is 2.67 bits per heavy atom. The lowest BCUT2D eigenvalue weighted by atomic mass is 10.1. The van der Waals surface area contributed by atoms with Crippen molar-refractivity contribution in [2.24, 2.45) is 0 Å². The molecule has 0 amide bonds. The molecule has 0 fully saturated rings. The smallest absolute Gasteiger partial charge is 0.0709 e. The van der Waals surface area contributed by atoms with Gasteiger partial charge < -0.3 is 10.4 Å². The molecule has 0 spiro atoms. The van der Waals surface area contributed by atoms with Gasteiger partial charge in [0.2, 0.25) is 0 Å². The molecule has 0 aliphatic heterocycles. The summed E-state index contributed by atoms with van der Waals surface area (Å²) >= 11 is 0. The Labute approximate surface area is 92.3 Å². The Kier molecular flexibility index (Phi) is 5.19. The minimum absolute atomic E-state index is 0.250. The quantitative estimate of drug-likeness (QED) is 0.751. The van der Waals surface area contributed by atoms with E-state index in [9.17, 15) is 5.11 Å². The summed E-state index contributed by atoms with van der Waals surface area (Å²) in [5.41, 5.74) is 2.50. The zero-order valence-electron chi connectivity index (χ0n) is 9.66. The summed E-state index contributed by atoms with van der Waals surface area (Å²) in [6.07, 6.45) is 2.78. The van der Waals surface area contributed by atoms with E-state index in [2.05, 4.69) is 30.4 Å². The standard InChI is InChI=1S/C13H21NO/c1-3-7-11-8-5-6-9-13(11)14-10-12(15)4-2/h5-6,8-9,12,14-15H,3-4,7,10H2,1-2H3. The first-order valence-electron chi connectivity index (χ1n) is 5.77. The minimum Gasteiger partial charge on any atom is -0.391 e.